The maximum absolute atomic E-state index is 10.7. The number of ether oxygens (including phenoxy) is 1. The van der Waals surface area contributed by atoms with Crippen LogP contribution in [0.3, 0.4) is 0 Å². The van der Waals surface area contributed by atoms with Crippen molar-refractivity contribution in [2.75, 3.05) is 13.2 Å². The zero-order chi connectivity index (χ0) is 16.4. The molecule has 3 rings (SSSR count). The standard InChI is InChI=1S/C17H17NO5.ClH/c19-13-7-10-5-6-18-17(12(10)8-14(13)20)11-3-1-2-4-15(11)23-9-16(21)22;/h1-4,7-8,17-20H,5-6,9H2,(H,21,22);1H/p-1. The lowest BCUT2D eigenvalue weighted by Gasteiger charge is -2.29. The Bertz CT molecular complexity index is 750. The first-order valence-corrected chi connectivity index (χ1v) is 7.28. The molecule has 1 atom stereocenters. The number of benzene rings is 2. The number of nitrogens with one attached hydrogen (secondary N) is 1. The van der Waals surface area contributed by atoms with Crippen LogP contribution in [0.1, 0.15) is 22.7 Å². The predicted octanol–water partition coefficient (Wildman–Crippen LogP) is -1.20. The summed E-state index contributed by atoms with van der Waals surface area (Å²) in [5.41, 5.74) is 2.58. The van der Waals surface area contributed by atoms with Crippen LogP contribution in [0.2, 0.25) is 0 Å². The normalized spacial score (nSPS) is 15.9. The van der Waals surface area contributed by atoms with Crippen molar-refractivity contribution in [3.63, 3.8) is 0 Å². The summed E-state index contributed by atoms with van der Waals surface area (Å²) in [5, 5.41) is 31.6. The van der Waals surface area contributed by atoms with Gasteiger partial charge in [0.25, 0.3) is 0 Å². The average molecular weight is 351 g/mol. The number of fused-ring (bicyclic) bond motifs is 1. The lowest BCUT2D eigenvalue weighted by Crippen LogP contribution is -3.00. The van der Waals surface area contributed by atoms with Gasteiger partial charge in [-0.05, 0) is 35.7 Å². The quantitative estimate of drug-likeness (QED) is 0.517. The molecule has 1 aliphatic heterocycles. The van der Waals surface area contributed by atoms with Crippen molar-refractivity contribution in [1.29, 1.82) is 0 Å². The smallest absolute Gasteiger partial charge is 0.341 e. The topological polar surface area (TPSA) is 99.0 Å². The van der Waals surface area contributed by atoms with Gasteiger partial charge in [-0.1, -0.05) is 18.2 Å². The van der Waals surface area contributed by atoms with E-state index in [1.807, 2.05) is 12.1 Å². The first-order chi connectivity index (χ1) is 11.1. The van der Waals surface area contributed by atoms with E-state index in [0.717, 1.165) is 23.1 Å². The highest BCUT2D eigenvalue weighted by atomic mass is 35.5. The van der Waals surface area contributed by atoms with Crippen molar-refractivity contribution >= 4 is 5.97 Å². The van der Waals surface area contributed by atoms with Gasteiger partial charge in [0.1, 0.15) is 5.75 Å². The Hall–Kier alpha value is -2.44. The molecule has 0 fully saturated rings. The minimum Gasteiger partial charge on any atom is -1.00 e. The minimum atomic E-state index is -1.04. The van der Waals surface area contributed by atoms with E-state index < -0.39 is 12.6 Å². The van der Waals surface area contributed by atoms with Crippen LogP contribution in [0.5, 0.6) is 17.2 Å². The molecule has 1 aliphatic rings. The Morgan fingerprint density at radius 2 is 1.88 bits per heavy atom. The van der Waals surface area contributed by atoms with Crippen LogP contribution in [0.15, 0.2) is 36.4 Å². The Morgan fingerprint density at radius 1 is 1.17 bits per heavy atom. The van der Waals surface area contributed by atoms with Gasteiger partial charge < -0.3 is 37.8 Å². The summed E-state index contributed by atoms with van der Waals surface area (Å²) in [4.78, 5) is 10.7. The highest BCUT2D eigenvalue weighted by Gasteiger charge is 2.25. The van der Waals surface area contributed by atoms with Crippen LogP contribution in [0.25, 0.3) is 0 Å². The predicted molar refractivity (Wildman–Crippen MR) is 82.9 cm³/mol. The van der Waals surface area contributed by atoms with E-state index in [1.54, 1.807) is 18.2 Å². The fraction of sp³-hybridized carbons (Fsp3) is 0.235. The Balaban J connectivity index is 0.00000208. The molecule has 2 aromatic carbocycles. The lowest BCUT2D eigenvalue weighted by atomic mass is 9.89. The number of carboxylic acids is 1. The van der Waals surface area contributed by atoms with Crippen LogP contribution in [-0.2, 0) is 11.2 Å². The summed E-state index contributed by atoms with van der Waals surface area (Å²) in [6.07, 6.45) is 0.734. The summed E-state index contributed by atoms with van der Waals surface area (Å²) in [6, 6.07) is 10.1. The van der Waals surface area contributed by atoms with Crippen LogP contribution in [-0.4, -0.2) is 34.4 Å². The van der Waals surface area contributed by atoms with Gasteiger partial charge in [0, 0.05) is 12.1 Å². The molecule has 0 saturated heterocycles. The van der Waals surface area contributed by atoms with Crippen LogP contribution in [0.4, 0.5) is 0 Å². The number of carboxylic acid groups (broad SMARTS) is 1. The summed E-state index contributed by atoms with van der Waals surface area (Å²) >= 11 is 0. The molecular formula is C17H17ClNO5-. The number of rotatable bonds is 4. The molecule has 2 aromatic rings. The monoisotopic (exact) mass is 350 g/mol. The zero-order valence-corrected chi connectivity index (χ0v) is 13.5. The van der Waals surface area contributed by atoms with Crippen molar-refractivity contribution < 1.29 is 37.3 Å². The highest BCUT2D eigenvalue weighted by molar-refractivity contribution is 5.68. The van der Waals surface area contributed by atoms with Crippen molar-refractivity contribution in [3.05, 3.63) is 53.1 Å². The van der Waals surface area contributed by atoms with Gasteiger partial charge >= 0.3 is 5.97 Å². The van der Waals surface area contributed by atoms with Gasteiger partial charge in [-0.25, -0.2) is 4.79 Å². The van der Waals surface area contributed by atoms with E-state index in [2.05, 4.69) is 5.32 Å². The first kappa shape index (κ1) is 17.9. The van der Waals surface area contributed by atoms with E-state index >= 15 is 0 Å². The third kappa shape index (κ3) is 3.55. The number of hydrogen-bond donors (Lipinski definition) is 4. The van der Waals surface area contributed by atoms with Gasteiger partial charge in [0.15, 0.2) is 18.1 Å². The maximum Gasteiger partial charge on any atom is 0.341 e. The van der Waals surface area contributed by atoms with Gasteiger partial charge in [-0.3, -0.25) is 0 Å². The second kappa shape index (κ2) is 7.42. The number of aromatic hydroxyl groups is 2. The molecule has 128 valence electrons. The third-order valence-corrected chi connectivity index (χ3v) is 3.87. The molecule has 24 heavy (non-hydrogen) atoms. The Morgan fingerprint density at radius 3 is 2.62 bits per heavy atom. The number of halogens is 1. The Kier molecular flexibility index (Phi) is 5.54. The van der Waals surface area contributed by atoms with Crippen molar-refractivity contribution in [3.8, 4) is 17.2 Å². The largest absolute Gasteiger partial charge is 1.00 e. The molecule has 0 saturated carbocycles. The molecule has 1 heterocycles. The average Bonchev–Trinajstić information content (AvgIpc) is 2.54. The van der Waals surface area contributed by atoms with Gasteiger partial charge in [-0.2, -0.15) is 0 Å². The fourth-order valence-corrected chi connectivity index (χ4v) is 2.85. The number of phenols is 2. The minimum absolute atomic E-state index is 0. The Labute approximate surface area is 145 Å². The summed E-state index contributed by atoms with van der Waals surface area (Å²) in [6.45, 7) is 0.284. The van der Waals surface area contributed by atoms with Crippen molar-refractivity contribution in [2.45, 2.75) is 12.5 Å². The molecule has 4 N–H and O–H groups in total. The first-order valence-electron chi connectivity index (χ1n) is 7.28. The molecule has 0 spiro atoms. The maximum atomic E-state index is 10.7. The van der Waals surface area contributed by atoms with E-state index in [-0.39, 0.29) is 29.9 Å². The number of aliphatic carboxylic acids is 1. The second-order valence-electron chi connectivity index (χ2n) is 5.40. The number of carbonyl (C=O) groups is 1. The third-order valence-electron chi connectivity index (χ3n) is 3.87. The molecule has 1 unspecified atom stereocenters. The number of hydrogen-bond acceptors (Lipinski definition) is 5. The van der Waals surface area contributed by atoms with Crippen molar-refractivity contribution in [1.82, 2.24) is 5.32 Å². The van der Waals surface area contributed by atoms with Gasteiger partial charge in [0.2, 0.25) is 0 Å². The molecular weight excluding hydrogens is 334 g/mol. The summed E-state index contributed by atoms with van der Waals surface area (Å²) in [5.74, 6) is -0.881. The lowest BCUT2D eigenvalue weighted by molar-refractivity contribution is -0.139. The van der Waals surface area contributed by atoms with E-state index in [1.165, 1.54) is 6.07 Å². The fourth-order valence-electron chi connectivity index (χ4n) is 2.85. The number of para-hydroxylation sites is 1. The zero-order valence-electron chi connectivity index (χ0n) is 12.7. The SMILES string of the molecule is O=C(O)COc1ccccc1C1NCCc2cc(O)c(O)cc21.[Cl-]. The molecule has 7 heteroatoms. The highest BCUT2D eigenvalue weighted by Crippen LogP contribution is 2.38. The van der Waals surface area contributed by atoms with Gasteiger partial charge in [0.05, 0.1) is 6.04 Å². The number of phenolic OH excluding ortho intramolecular Hbond substituents is 2. The summed E-state index contributed by atoms with van der Waals surface area (Å²) in [7, 11) is 0. The summed E-state index contributed by atoms with van der Waals surface area (Å²) < 4.78 is 5.37. The molecule has 6 nitrogen and oxygen atoms in total. The van der Waals surface area contributed by atoms with E-state index in [9.17, 15) is 15.0 Å². The van der Waals surface area contributed by atoms with Crippen LogP contribution in [0, 0.1) is 0 Å². The molecule has 0 radical (unpaired) electrons. The van der Waals surface area contributed by atoms with E-state index in [4.69, 9.17) is 9.84 Å². The molecule has 0 aromatic heterocycles. The van der Waals surface area contributed by atoms with Crippen molar-refractivity contribution in [2.24, 2.45) is 0 Å². The molecule has 0 aliphatic carbocycles. The van der Waals surface area contributed by atoms with Crippen LogP contribution >= 0.6 is 0 Å². The molecule has 0 amide bonds. The van der Waals surface area contributed by atoms with E-state index in [0.29, 0.717) is 12.3 Å². The van der Waals surface area contributed by atoms with Crippen LogP contribution < -0.4 is 22.5 Å². The molecule has 0 bridgehead atoms. The second-order valence-corrected chi connectivity index (χ2v) is 5.40. The van der Waals surface area contributed by atoms with Gasteiger partial charge in [-0.15, -0.1) is 0 Å².